The molecule has 0 amide bonds. The molecule has 1 N–H and O–H groups in total. The minimum Gasteiger partial charge on any atom is -0.478 e. The molecule has 1 aliphatic heterocycles. The van der Waals surface area contributed by atoms with Crippen molar-refractivity contribution in [2.24, 2.45) is 5.41 Å². The lowest BCUT2D eigenvalue weighted by Gasteiger charge is -2.36. The molecule has 2 rings (SSSR count). The van der Waals surface area contributed by atoms with Gasteiger partial charge in [0.1, 0.15) is 0 Å². The topological polar surface area (TPSA) is 64.3 Å². The lowest BCUT2D eigenvalue weighted by atomic mass is 9.83. The molecule has 1 heterocycles. The van der Waals surface area contributed by atoms with Crippen LogP contribution in [-0.4, -0.2) is 29.1 Å². The smallest absolute Gasteiger partial charge is 0.335 e. The number of piperidine rings is 1. The Balaban J connectivity index is 2.07. The van der Waals surface area contributed by atoms with Gasteiger partial charge in [-0.25, -0.2) is 4.79 Å². The summed E-state index contributed by atoms with van der Waals surface area (Å²) >= 11 is 0. The van der Waals surface area contributed by atoms with Gasteiger partial charge in [-0.3, -0.25) is 4.90 Å². The lowest BCUT2D eigenvalue weighted by molar-refractivity contribution is 0.0696. The van der Waals surface area contributed by atoms with Crippen LogP contribution in [0.4, 0.5) is 0 Å². The van der Waals surface area contributed by atoms with E-state index in [1.807, 2.05) is 13.0 Å². The largest absolute Gasteiger partial charge is 0.478 e. The monoisotopic (exact) mass is 258 g/mol. The summed E-state index contributed by atoms with van der Waals surface area (Å²) in [4.78, 5) is 13.2. The molecule has 0 unspecified atom stereocenters. The normalized spacial score (nSPS) is 23.8. The third-order valence-electron chi connectivity index (χ3n) is 3.63. The van der Waals surface area contributed by atoms with Crippen LogP contribution in [0, 0.1) is 16.7 Å². The highest BCUT2D eigenvalue weighted by molar-refractivity contribution is 5.87. The Hall–Kier alpha value is -1.86. The molecule has 100 valence electrons. The summed E-state index contributed by atoms with van der Waals surface area (Å²) in [6.45, 7) is 4.42. The van der Waals surface area contributed by atoms with Crippen molar-refractivity contribution < 1.29 is 9.90 Å². The second-order valence-corrected chi connectivity index (χ2v) is 5.49. The number of carbonyl (C=O) groups is 1. The maximum atomic E-state index is 10.9. The van der Waals surface area contributed by atoms with Crippen molar-refractivity contribution in [2.75, 3.05) is 13.1 Å². The zero-order chi connectivity index (χ0) is 13.9. The summed E-state index contributed by atoms with van der Waals surface area (Å²) in [5, 5.41) is 18.2. The van der Waals surface area contributed by atoms with Crippen molar-refractivity contribution >= 4 is 5.97 Å². The SMILES string of the molecule is C[C@]1(C#N)CCCN(Cc2cccc(C(=O)O)c2)C1. The maximum absolute atomic E-state index is 10.9. The van der Waals surface area contributed by atoms with Crippen molar-refractivity contribution in [1.29, 1.82) is 5.26 Å². The first kappa shape index (κ1) is 13.6. The van der Waals surface area contributed by atoms with Gasteiger partial charge in [0.2, 0.25) is 0 Å². The highest BCUT2D eigenvalue weighted by Crippen LogP contribution is 2.29. The van der Waals surface area contributed by atoms with Crippen LogP contribution in [0.5, 0.6) is 0 Å². The molecule has 1 aromatic carbocycles. The van der Waals surface area contributed by atoms with Crippen LogP contribution in [0.15, 0.2) is 24.3 Å². The summed E-state index contributed by atoms with van der Waals surface area (Å²) in [6.07, 6.45) is 1.96. The third kappa shape index (κ3) is 3.33. The van der Waals surface area contributed by atoms with Gasteiger partial charge in [-0.2, -0.15) is 5.26 Å². The van der Waals surface area contributed by atoms with Crippen molar-refractivity contribution in [2.45, 2.75) is 26.3 Å². The molecule has 0 radical (unpaired) electrons. The minimum atomic E-state index is -0.901. The van der Waals surface area contributed by atoms with E-state index in [1.165, 1.54) is 0 Å². The highest BCUT2D eigenvalue weighted by Gasteiger charge is 2.30. The number of carboxylic acids is 1. The van der Waals surface area contributed by atoms with E-state index in [-0.39, 0.29) is 5.41 Å². The molecular formula is C15H18N2O2. The molecule has 1 aromatic rings. The summed E-state index contributed by atoms with van der Waals surface area (Å²) in [6, 6.07) is 9.40. The summed E-state index contributed by atoms with van der Waals surface area (Å²) in [5.74, 6) is -0.901. The molecule has 1 saturated heterocycles. The zero-order valence-electron chi connectivity index (χ0n) is 11.1. The van der Waals surface area contributed by atoms with Gasteiger partial charge >= 0.3 is 5.97 Å². The summed E-state index contributed by atoms with van der Waals surface area (Å²) in [5.41, 5.74) is 1.03. The summed E-state index contributed by atoms with van der Waals surface area (Å²) in [7, 11) is 0. The van der Waals surface area contributed by atoms with Crippen LogP contribution in [0.3, 0.4) is 0 Å². The first-order valence-electron chi connectivity index (χ1n) is 6.48. The maximum Gasteiger partial charge on any atom is 0.335 e. The van der Waals surface area contributed by atoms with E-state index in [0.29, 0.717) is 12.1 Å². The molecule has 4 heteroatoms. The molecule has 1 fully saturated rings. The number of benzene rings is 1. The number of carboxylic acid groups (broad SMARTS) is 1. The van der Waals surface area contributed by atoms with Gasteiger partial charge in [0, 0.05) is 13.1 Å². The molecule has 1 aliphatic rings. The number of aromatic carboxylic acids is 1. The Morgan fingerprint density at radius 2 is 2.37 bits per heavy atom. The second-order valence-electron chi connectivity index (χ2n) is 5.49. The number of hydrogen-bond donors (Lipinski definition) is 1. The van der Waals surface area contributed by atoms with Crippen LogP contribution in [0.25, 0.3) is 0 Å². The van der Waals surface area contributed by atoms with Gasteiger partial charge in [-0.1, -0.05) is 12.1 Å². The van der Waals surface area contributed by atoms with Crippen LogP contribution >= 0.6 is 0 Å². The van der Waals surface area contributed by atoms with Crippen molar-refractivity contribution in [3.63, 3.8) is 0 Å². The van der Waals surface area contributed by atoms with E-state index >= 15 is 0 Å². The number of rotatable bonds is 3. The van der Waals surface area contributed by atoms with Crippen LogP contribution in [0.1, 0.15) is 35.7 Å². The second kappa shape index (κ2) is 5.41. The number of hydrogen-bond acceptors (Lipinski definition) is 3. The molecule has 0 bridgehead atoms. The van der Waals surface area contributed by atoms with Crippen molar-refractivity contribution in [3.05, 3.63) is 35.4 Å². The highest BCUT2D eigenvalue weighted by atomic mass is 16.4. The van der Waals surface area contributed by atoms with E-state index in [4.69, 9.17) is 5.11 Å². The Morgan fingerprint density at radius 3 is 3.05 bits per heavy atom. The number of likely N-dealkylation sites (tertiary alicyclic amines) is 1. The van der Waals surface area contributed by atoms with Gasteiger partial charge in [-0.05, 0) is 44.0 Å². The average Bonchev–Trinajstić information content (AvgIpc) is 2.39. The Kier molecular flexibility index (Phi) is 3.87. The molecule has 19 heavy (non-hydrogen) atoms. The van der Waals surface area contributed by atoms with E-state index < -0.39 is 5.97 Å². The van der Waals surface area contributed by atoms with Gasteiger partial charge < -0.3 is 5.11 Å². The molecular weight excluding hydrogens is 240 g/mol. The van der Waals surface area contributed by atoms with Crippen LogP contribution < -0.4 is 0 Å². The number of nitrogens with zero attached hydrogens (tertiary/aromatic N) is 2. The van der Waals surface area contributed by atoms with Crippen molar-refractivity contribution in [3.8, 4) is 6.07 Å². The molecule has 4 nitrogen and oxygen atoms in total. The van der Waals surface area contributed by atoms with Gasteiger partial charge in [0.25, 0.3) is 0 Å². The van der Waals surface area contributed by atoms with Crippen LogP contribution in [0.2, 0.25) is 0 Å². The van der Waals surface area contributed by atoms with E-state index in [9.17, 15) is 10.1 Å². The first-order chi connectivity index (χ1) is 9.02. The standard InChI is InChI=1S/C15H18N2O2/c1-15(10-16)6-3-7-17(11-15)9-12-4-2-5-13(8-12)14(18)19/h2,4-5,8H,3,6-7,9,11H2,1H3,(H,18,19)/t15-/m1/s1. The van der Waals surface area contributed by atoms with Gasteiger partial charge in [0.15, 0.2) is 0 Å². The Bertz CT molecular complexity index is 521. The fraction of sp³-hybridized carbons (Fsp3) is 0.467. The minimum absolute atomic E-state index is 0.275. The van der Waals surface area contributed by atoms with Gasteiger partial charge in [-0.15, -0.1) is 0 Å². The molecule has 0 saturated carbocycles. The fourth-order valence-electron chi connectivity index (χ4n) is 2.63. The van der Waals surface area contributed by atoms with Crippen LogP contribution in [-0.2, 0) is 6.54 Å². The quantitative estimate of drug-likeness (QED) is 0.904. The Labute approximate surface area is 113 Å². The zero-order valence-corrected chi connectivity index (χ0v) is 11.1. The molecule has 0 aliphatic carbocycles. The van der Waals surface area contributed by atoms with E-state index in [2.05, 4.69) is 11.0 Å². The number of nitriles is 1. The summed E-state index contributed by atoms with van der Waals surface area (Å²) < 4.78 is 0. The van der Waals surface area contributed by atoms with Gasteiger partial charge in [0.05, 0.1) is 17.0 Å². The predicted molar refractivity (Wildman–Crippen MR) is 71.6 cm³/mol. The molecule has 1 atom stereocenters. The third-order valence-corrected chi connectivity index (χ3v) is 3.63. The van der Waals surface area contributed by atoms with E-state index in [1.54, 1.807) is 18.2 Å². The van der Waals surface area contributed by atoms with E-state index in [0.717, 1.165) is 31.5 Å². The fourth-order valence-corrected chi connectivity index (χ4v) is 2.63. The Morgan fingerprint density at radius 1 is 1.58 bits per heavy atom. The lowest BCUT2D eigenvalue weighted by Crippen LogP contribution is -2.40. The average molecular weight is 258 g/mol. The molecule has 0 aromatic heterocycles. The molecule has 0 spiro atoms. The predicted octanol–water partition coefficient (Wildman–Crippen LogP) is 2.51. The van der Waals surface area contributed by atoms with Crippen molar-refractivity contribution in [1.82, 2.24) is 4.90 Å². The first-order valence-corrected chi connectivity index (χ1v) is 6.48.